The molecule has 186 valence electrons. The molecule has 5 nitrogen and oxygen atoms in total. The molecule has 0 spiro atoms. The molecule has 0 bridgehead atoms. The number of rotatable bonds is 9. The van der Waals surface area contributed by atoms with Crippen LogP contribution in [-0.2, 0) is 22.6 Å². The quantitative estimate of drug-likeness (QED) is 0.424. The highest BCUT2D eigenvalue weighted by molar-refractivity contribution is 5.70. The average molecular weight is 467 g/mol. The number of ether oxygens (including phenoxy) is 2. The number of hydrogen-bond donors (Lipinski definition) is 0. The van der Waals surface area contributed by atoms with Crippen LogP contribution in [0.15, 0.2) is 60.7 Å². The van der Waals surface area contributed by atoms with E-state index in [0.717, 1.165) is 19.5 Å². The molecule has 0 unspecified atom stereocenters. The van der Waals surface area contributed by atoms with Crippen LogP contribution in [0.5, 0.6) is 0 Å². The van der Waals surface area contributed by atoms with E-state index in [0.29, 0.717) is 12.5 Å². The predicted octanol–water partition coefficient (Wildman–Crippen LogP) is 6.48. The molecule has 1 aliphatic heterocycles. The molecule has 0 N–H and O–H groups in total. The maximum absolute atomic E-state index is 13.4. The summed E-state index contributed by atoms with van der Waals surface area (Å²) in [5.41, 5.74) is 1.39. The lowest BCUT2D eigenvalue weighted by atomic mass is 9.96. The van der Waals surface area contributed by atoms with E-state index in [4.69, 9.17) is 9.47 Å². The normalized spacial score (nSPS) is 18.8. The van der Waals surface area contributed by atoms with Gasteiger partial charge in [-0.15, -0.1) is 0 Å². The van der Waals surface area contributed by atoms with Crippen molar-refractivity contribution in [2.75, 3.05) is 6.61 Å². The van der Waals surface area contributed by atoms with Crippen molar-refractivity contribution in [1.29, 1.82) is 0 Å². The number of nitrogens with zero attached hydrogens (tertiary/aromatic N) is 2. The van der Waals surface area contributed by atoms with Gasteiger partial charge in [0.2, 0.25) is 0 Å². The first-order chi connectivity index (χ1) is 16.0. The maximum Gasteiger partial charge on any atom is 0.412 e. The molecule has 1 amide bonds. The van der Waals surface area contributed by atoms with Gasteiger partial charge in [-0.25, -0.2) is 4.79 Å². The summed E-state index contributed by atoms with van der Waals surface area (Å²) >= 11 is 0. The van der Waals surface area contributed by atoms with Gasteiger partial charge in [0.15, 0.2) is 0 Å². The zero-order chi connectivity index (χ0) is 24.9. The van der Waals surface area contributed by atoms with Gasteiger partial charge >= 0.3 is 6.09 Å². The zero-order valence-corrected chi connectivity index (χ0v) is 22.0. The van der Waals surface area contributed by atoms with Gasteiger partial charge in [-0.2, -0.15) is 0 Å². The molecule has 34 heavy (non-hydrogen) atoms. The average Bonchev–Trinajstić information content (AvgIpc) is 3.00. The van der Waals surface area contributed by atoms with Crippen molar-refractivity contribution >= 4 is 6.09 Å². The van der Waals surface area contributed by atoms with Crippen LogP contribution in [0.3, 0.4) is 0 Å². The Balaban J connectivity index is 1.86. The number of carbonyl (C=O) groups excluding carboxylic acids is 1. The zero-order valence-electron chi connectivity index (χ0n) is 22.0. The molecule has 2 aromatic carbocycles. The van der Waals surface area contributed by atoms with Gasteiger partial charge in [0.1, 0.15) is 11.8 Å². The van der Waals surface area contributed by atoms with Gasteiger partial charge in [0.25, 0.3) is 0 Å². The van der Waals surface area contributed by atoms with Crippen LogP contribution >= 0.6 is 0 Å². The van der Waals surface area contributed by atoms with Crippen LogP contribution in [0.25, 0.3) is 0 Å². The topological polar surface area (TPSA) is 42.0 Å². The van der Waals surface area contributed by atoms with Gasteiger partial charge in [0, 0.05) is 19.1 Å². The Hall–Kier alpha value is -2.37. The van der Waals surface area contributed by atoms with Gasteiger partial charge in [-0.3, -0.25) is 9.80 Å². The summed E-state index contributed by atoms with van der Waals surface area (Å²) in [5.74, 6) is 0.461. The number of carbonyl (C=O) groups is 1. The Morgan fingerprint density at radius 3 is 1.85 bits per heavy atom. The molecule has 5 heteroatoms. The fourth-order valence-electron chi connectivity index (χ4n) is 5.02. The van der Waals surface area contributed by atoms with E-state index >= 15 is 0 Å². The number of amides is 1. The smallest absolute Gasteiger partial charge is 0.412 e. The molecule has 1 aliphatic rings. The lowest BCUT2D eigenvalue weighted by Gasteiger charge is -2.40. The summed E-state index contributed by atoms with van der Waals surface area (Å²) in [5, 5.41) is 0. The largest absolute Gasteiger partial charge is 0.445 e. The third-order valence-corrected chi connectivity index (χ3v) is 6.57. The Labute approximate surface area is 206 Å². The summed E-state index contributed by atoms with van der Waals surface area (Å²) in [6.45, 7) is 16.5. The SMILES string of the molecule is CC(C)C[C@@H]([C@@H](C)OC(=O)N1C(C)(C)COC1(C)C)N(Cc1ccccc1)Cc1ccccc1. The van der Waals surface area contributed by atoms with Crippen LogP contribution in [0.1, 0.15) is 66.0 Å². The van der Waals surface area contributed by atoms with Crippen LogP contribution < -0.4 is 0 Å². The summed E-state index contributed by atoms with van der Waals surface area (Å²) in [7, 11) is 0. The third kappa shape index (κ3) is 6.61. The van der Waals surface area contributed by atoms with Crippen molar-refractivity contribution in [3.05, 3.63) is 71.8 Å². The first kappa shape index (κ1) is 26.2. The number of benzene rings is 2. The van der Waals surface area contributed by atoms with E-state index < -0.39 is 11.3 Å². The standard InChI is InChI=1S/C29H42N2O3/c1-22(2)18-26(23(3)34-27(32)31-28(4,5)21-33-29(31,6)7)30(19-24-14-10-8-11-15-24)20-25-16-12-9-13-17-25/h8-17,22-23,26H,18-21H2,1-7H3/t23-,26+/m1/s1. The molecular weight excluding hydrogens is 424 g/mol. The van der Waals surface area contributed by atoms with Crippen molar-refractivity contribution < 1.29 is 14.3 Å². The van der Waals surface area contributed by atoms with Crippen LogP contribution in [0, 0.1) is 5.92 Å². The molecule has 3 rings (SSSR count). The van der Waals surface area contributed by atoms with Crippen LogP contribution in [0.4, 0.5) is 4.79 Å². The molecule has 1 fully saturated rings. The minimum Gasteiger partial charge on any atom is -0.445 e. The molecule has 2 atom stereocenters. The number of hydrogen-bond acceptors (Lipinski definition) is 4. The van der Waals surface area contributed by atoms with E-state index in [9.17, 15) is 4.79 Å². The molecule has 1 heterocycles. The fraction of sp³-hybridized carbons (Fsp3) is 0.552. The van der Waals surface area contributed by atoms with E-state index in [1.54, 1.807) is 4.90 Å². The van der Waals surface area contributed by atoms with Crippen molar-refractivity contribution in [3.63, 3.8) is 0 Å². The van der Waals surface area contributed by atoms with E-state index in [1.165, 1.54) is 11.1 Å². The van der Waals surface area contributed by atoms with Crippen molar-refractivity contribution in [2.45, 2.75) is 91.4 Å². The predicted molar refractivity (Wildman–Crippen MR) is 137 cm³/mol. The van der Waals surface area contributed by atoms with Gasteiger partial charge in [-0.05, 0) is 58.1 Å². The van der Waals surface area contributed by atoms with Gasteiger partial charge < -0.3 is 9.47 Å². The summed E-state index contributed by atoms with van der Waals surface area (Å²) in [6, 6.07) is 21.1. The molecule has 2 aromatic rings. The third-order valence-electron chi connectivity index (χ3n) is 6.57. The molecule has 1 saturated heterocycles. The highest BCUT2D eigenvalue weighted by atomic mass is 16.6. The van der Waals surface area contributed by atoms with Crippen molar-refractivity contribution in [3.8, 4) is 0 Å². The second-order valence-corrected chi connectivity index (χ2v) is 11.0. The second-order valence-electron chi connectivity index (χ2n) is 11.0. The first-order valence-corrected chi connectivity index (χ1v) is 12.5. The summed E-state index contributed by atoms with van der Waals surface area (Å²) in [6.07, 6.45) is 0.333. The first-order valence-electron chi connectivity index (χ1n) is 12.5. The van der Waals surface area contributed by atoms with Crippen molar-refractivity contribution in [2.24, 2.45) is 5.92 Å². The lowest BCUT2D eigenvalue weighted by molar-refractivity contribution is -0.0663. The van der Waals surface area contributed by atoms with Crippen molar-refractivity contribution in [1.82, 2.24) is 9.80 Å². The fourth-order valence-corrected chi connectivity index (χ4v) is 5.02. The molecule has 0 saturated carbocycles. The minimum atomic E-state index is -0.693. The molecule has 0 radical (unpaired) electrons. The minimum absolute atomic E-state index is 0.0686. The molecule has 0 aliphatic carbocycles. The lowest BCUT2D eigenvalue weighted by Crippen LogP contribution is -2.54. The second kappa shape index (κ2) is 10.9. The summed E-state index contributed by atoms with van der Waals surface area (Å²) < 4.78 is 12.1. The van der Waals surface area contributed by atoms with Crippen LogP contribution in [0.2, 0.25) is 0 Å². The van der Waals surface area contributed by atoms with E-state index in [-0.39, 0.29) is 18.2 Å². The van der Waals surface area contributed by atoms with Crippen LogP contribution in [-0.4, -0.2) is 45.9 Å². The Kier molecular flexibility index (Phi) is 8.43. The van der Waals surface area contributed by atoms with Gasteiger partial charge in [0.05, 0.1) is 12.1 Å². The highest BCUT2D eigenvalue weighted by Crippen LogP contribution is 2.35. The Bertz CT molecular complexity index is 854. The maximum atomic E-state index is 13.4. The summed E-state index contributed by atoms with van der Waals surface area (Å²) in [4.78, 5) is 17.6. The highest BCUT2D eigenvalue weighted by Gasteiger charge is 2.50. The molecule has 0 aromatic heterocycles. The molecular formula is C29H42N2O3. The Morgan fingerprint density at radius 2 is 1.44 bits per heavy atom. The Morgan fingerprint density at radius 1 is 0.941 bits per heavy atom. The monoisotopic (exact) mass is 466 g/mol. The van der Waals surface area contributed by atoms with Gasteiger partial charge in [-0.1, -0.05) is 74.5 Å². The van der Waals surface area contributed by atoms with E-state index in [1.807, 2.05) is 46.8 Å². The van der Waals surface area contributed by atoms with E-state index in [2.05, 4.69) is 67.3 Å².